The number of piperidine rings is 1. The van der Waals surface area contributed by atoms with E-state index in [9.17, 15) is 9.65 Å². The Hall–Kier alpha value is -4.47. The highest BCUT2D eigenvalue weighted by molar-refractivity contribution is 6.04. The highest BCUT2D eigenvalue weighted by Gasteiger charge is 2.49. The molecule has 0 radical (unpaired) electrons. The third kappa shape index (κ3) is 5.79. The van der Waals surface area contributed by atoms with Gasteiger partial charge in [0.1, 0.15) is 41.4 Å². The SMILES string of the molecule is C=Cc1c(F)ccc2cc(OCOC)cc(-c3ncc4c(N5CCCC(CC#N)C5)nc(OC[C@@]56CCCN5C[C@H](F)C6)nc4c3F)c12. The average Bonchev–Trinajstić information content (AvgIpc) is 3.62. The number of nitriles is 1. The Balaban J connectivity index is 1.38. The molecule has 3 fully saturated rings. The number of hydrogen-bond acceptors (Lipinski definition) is 9. The molecule has 5 heterocycles. The Bertz CT molecular complexity index is 1920. The first-order chi connectivity index (χ1) is 23.3. The number of halogens is 3. The van der Waals surface area contributed by atoms with Crippen LogP contribution in [0.3, 0.4) is 0 Å². The second-order valence-electron chi connectivity index (χ2n) is 13.0. The van der Waals surface area contributed by atoms with Crippen molar-refractivity contribution in [2.45, 2.75) is 50.2 Å². The Labute approximate surface area is 276 Å². The molecule has 0 spiro atoms. The van der Waals surface area contributed by atoms with Crippen molar-refractivity contribution in [3.63, 3.8) is 0 Å². The van der Waals surface area contributed by atoms with Gasteiger partial charge in [-0.3, -0.25) is 9.88 Å². The van der Waals surface area contributed by atoms with Crippen LogP contribution in [0.15, 0.2) is 37.0 Å². The van der Waals surface area contributed by atoms with E-state index < -0.39 is 23.3 Å². The quantitative estimate of drug-likeness (QED) is 0.170. The van der Waals surface area contributed by atoms with Crippen LogP contribution in [0.2, 0.25) is 0 Å². The molecule has 48 heavy (non-hydrogen) atoms. The number of nitrogens with zero attached hydrogens (tertiary/aromatic N) is 6. The lowest BCUT2D eigenvalue weighted by Crippen LogP contribution is -2.43. The van der Waals surface area contributed by atoms with Crippen molar-refractivity contribution >= 4 is 33.6 Å². The number of pyridine rings is 1. The average molecular weight is 659 g/mol. The lowest BCUT2D eigenvalue weighted by atomic mass is 9.94. The number of hydrogen-bond donors (Lipinski definition) is 0. The molecule has 3 atom stereocenters. The highest BCUT2D eigenvalue weighted by Crippen LogP contribution is 2.42. The monoisotopic (exact) mass is 658 g/mol. The number of anilines is 1. The van der Waals surface area contributed by atoms with E-state index in [0.29, 0.717) is 65.8 Å². The van der Waals surface area contributed by atoms with Gasteiger partial charge in [0, 0.05) is 62.3 Å². The first-order valence-electron chi connectivity index (χ1n) is 16.3. The first-order valence-corrected chi connectivity index (χ1v) is 16.3. The van der Waals surface area contributed by atoms with E-state index in [1.165, 1.54) is 25.4 Å². The molecule has 0 amide bonds. The van der Waals surface area contributed by atoms with Crippen LogP contribution in [0.4, 0.5) is 19.0 Å². The molecule has 9 nitrogen and oxygen atoms in total. The van der Waals surface area contributed by atoms with Crippen molar-refractivity contribution in [2.75, 3.05) is 51.6 Å². The van der Waals surface area contributed by atoms with Gasteiger partial charge in [-0.1, -0.05) is 18.7 Å². The molecule has 2 aromatic heterocycles. The number of alkyl halides is 1. The summed E-state index contributed by atoms with van der Waals surface area (Å²) in [6.07, 6.45) is 6.27. The van der Waals surface area contributed by atoms with Crippen LogP contribution in [0.25, 0.3) is 39.0 Å². The van der Waals surface area contributed by atoms with Gasteiger partial charge in [0.05, 0.1) is 17.0 Å². The molecule has 2 aromatic carbocycles. The zero-order valence-electron chi connectivity index (χ0n) is 26.9. The standard InChI is InChI=1S/C36H37F3N6O3/c1-3-26-29(38)8-7-23-14-25(48-21-46-2)15-27(30(23)26)32-31(39)33-28(17-41-32)34(44-12-4-6-22(18-44)9-11-40)43-35(42-33)47-20-36-10-5-13-45(36)19-24(37)16-36/h3,7-8,14-15,17,22,24H,1,4-6,9-10,12-13,16,18-21H2,2H3/t22?,24-,36+/m1/s1. The lowest BCUT2D eigenvalue weighted by Gasteiger charge is -2.34. The highest BCUT2D eigenvalue weighted by atomic mass is 19.1. The molecule has 1 unspecified atom stereocenters. The van der Waals surface area contributed by atoms with Gasteiger partial charge in [-0.05, 0) is 61.7 Å². The van der Waals surface area contributed by atoms with Crippen LogP contribution in [-0.2, 0) is 4.74 Å². The minimum Gasteiger partial charge on any atom is -0.468 e. The second kappa shape index (κ2) is 13.2. The molecule has 0 N–H and O–H groups in total. The molecule has 7 rings (SSSR count). The summed E-state index contributed by atoms with van der Waals surface area (Å²) in [5.41, 5.74) is -0.0181. The fourth-order valence-corrected chi connectivity index (χ4v) is 7.75. The fraction of sp³-hybridized carbons (Fsp3) is 0.444. The molecule has 3 aliphatic heterocycles. The van der Waals surface area contributed by atoms with Gasteiger partial charge in [0.15, 0.2) is 12.6 Å². The smallest absolute Gasteiger partial charge is 0.319 e. The number of benzene rings is 2. The van der Waals surface area contributed by atoms with Crippen LogP contribution in [0.5, 0.6) is 11.8 Å². The van der Waals surface area contributed by atoms with Crippen molar-refractivity contribution in [1.29, 1.82) is 5.26 Å². The number of aromatic nitrogens is 3. The third-order valence-electron chi connectivity index (χ3n) is 9.95. The molecular weight excluding hydrogens is 621 g/mol. The van der Waals surface area contributed by atoms with Crippen molar-refractivity contribution in [3.05, 3.63) is 54.2 Å². The normalized spacial score (nSPS) is 22.6. The van der Waals surface area contributed by atoms with Crippen LogP contribution >= 0.6 is 0 Å². The topological polar surface area (TPSA) is 96.6 Å². The summed E-state index contributed by atoms with van der Waals surface area (Å²) >= 11 is 0. The Morgan fingerprint density at radius 1 is 1.15 bits per heavy atom. The molecule has 3 aliphatic rings. The molecular formula is C36H37F3N6O3. The van der Waals surface area contributed by atoms with Crippen LogP contribution in [0.1, 0.15) is 44.1 Å². The van der Waals surface area contributed by atoms with Gasteiger partial charge in [0.25, 0.3) is 0 Å². The van der Waals surface area contributed by atoms with E-state index in [0.717, 1.165) is 32.2 Å². The Kier molecular flexibility index (Phi) is 8.83. The van der Waals surface area contributed by atoms with Crippen molar-refractivity contribution in [1.82, 2.24) is 19.9 Å². The van der Waals surface area contributed by atoms with E-state index in [-0.39, 0.29) is 42.1 Å². The number of methoxy groups -OCH3 is 1. The van der Waals surface area contributed by atoms with Gasteiger partial charge in [-0.2, -0.15) is 15.2 Å². The van der Waals surface area contributed by atoms with Gasteiger partial charge >= 0.3 is 6.01 Å². The molecule has 0 bridgehead atoms. The Morgan fingerprint density at radius 3 is 2.83 bits per heavy atom. The van der Waals surface area contributed by atoms with E-state index in [2.05, 4.69) is 27.5 Å². The summed E-state index contributed by atoms with van der Waals surface area (Å²) < 4.78 is 63.7. The third-order valence-corrected chi connectivity index (χ3v) is 9.95. The van der Waals surface area contributed by atoms with Gasteiger partial charge in [0.2, 0.25) is 0 Å². The van der Waals surface area contributed by atoms with Crippen LogP contribution in [0, 0.1) is 28.9 Å². The predicted octanol–water partition coefficient (Wildman–Crippen LogP) is 6.83. The minimum absolute atomic E-state index is 0.00843. The van der Waals surface area contributed by atoms with Crippen molar-refractivity contribution in [3.8, 4) is 29.1 Å². The summed E-state index contributed by atoms with van der Waals surface area (Å²) in [7, 11) is 1.49. The van der Waals surface area contributed by atoms with E-state index in [1.54, 1.807) is 18.2 Å². The molecule has 0 saturated carbocycles. The van der Waals surface area contributed by atoms with E-state index in [4.69, 9.17) is 19.2 Å². The molecule has 3 saturated heterocycles. The van der Waals surface area contributed by atoms with Crippen molar-refractivity contribution in [2.24, 2.45) is 5.92 Å². The molecule has 12 heteroatoms. The maximum Gasteiger partial charge on any atom is 0.319 e. The Morgan fingerprint density at radius 2 is 2.02 bits per heavy atom. The number of rotatable bonds is 10. The fourth-order valence-electron chi connectivity index (χ4n) is 7.75. The first kappa shape index (κ1) is 32.1. The molecule has 0 aliphatic carbocycles. The number of ether oxygens (including phenoxy) is 3. The number of fused-ring (bicyclic) bond motifs is 3. The van der Waals surface area contributed by atoms with Crippen molar-refractivity contribution < 1.29 is 27.4 Å². The summed E-state index contributed by atoms with van der Waals surface area (Å²) in [6, 6.07) is 8.50. The second-order valence-corrected chi connectivity index (χ2v) is 13.0. The maximum atomic E-state index is 17.0. The zero-order chi connectivity index (χ0) is 33.4. The summed E-state index contributed by atoms with van der Waals surface area (Å²) in [5.74, 6) is -0.262. The minimum atomic E-state index is -0.928. The predicted molar refractivity (Wildman–Crippen MR) is 176 cm³/mol. The van der Waals surface area contributed by atoms with Crippen LogP contribution < -0.4 is 14.4 Å². The summed E-state index contributed by atoms with van der Waals surface area (Å²) in [5, 5.41) is 10.8. The van der Waals surface area contributed by atoms with Crippen LogP contribution in [-0.4, -0.2) is 78.3 Å². The summed E-state index contributed by atoms with van der Waals surface area (Å²) in [4.78, 5) is 18.1. The van der Waals surface area contributed by atoms with Gasteiger partial charge < -0.3 is 19.1 Å². The molecule has 4 aromatic rings. The van der Waals surface area contributed by atoms with E-state index >= 15 is 8.78 Å². The zero-order valence-corrected chi connectivity index (χ0v) is 26.9. The summed E-state index contributed by atoms with van der Waals surface area (Å²) in [6.45, 7) is 6.34. The largest absolute Gasteiger partial charge is 0.468 e. The van der Waals surface area contributed by atoms with Gasteiger partial charge in [-0.25, -0.2) is 13.2 Å². The van der Waals surface area contributed by atoms with E-state index in [1.807, 2.05) is 4.90 Å². The van der Waals surface area contributed by atoms with Gasteiger partial charge in [-0.15, -0.1) is 0 Å². The molecule has 250 valence electrons. The maximum absolute atomic E-state index is 17.0. The lowest BCUT2D eigenvalue weighted by molar-refractivity contribution is 0.0512.